The third-order valence-corrected chi connectivity index (χ3v) is 4.99. The molecule has 1 heterocycles. The number of carbonyl (C=O) groups excluding carboxylic acids is 2. The summed E-state index contributed by atoms with van der Waals surface area (Å²) in [4.78, 5) is 26.2. The summed E-state index contributed by atoms with van der Waals surface area (Å²) in [6.45, 7) is 1.88. The van der Waals surface area contributed by atoms with Crippen LogP contribution in [0.1, 0.15) is 12.5 Å². The summed E-state index contributed by atoms with van der Waals surface area (Å²) >= 11 is 0. The van der Waals surface area contributed by atoms with Crippen LogP contribution in [0.3, 0.4) is 0 Å². The van der Waals surface area contributed by atoms with E-state index in [1.165, 1.54) is 29.2 Å². The maximum Gasteiger partial charge on any atom is 0.316 e. The second-order valence-corrected chi connectivity index (χ2v) is 7.44. The maximum atomic E-state index is 12.5. The van der Waals surface area contributed by atoms with Gasteiger partial charge in [0.1, 0.15) is 0 Å². The Balaban J connectivity index is 1.77. The fourth-order valence-corrected chi connectivity index (χ4v) is 3.41. The first kappa shape index (κ1) is 17.1. The molecule has 1 aliphatic rings. The zero-order valence-electron chi connectivity index (χ0n) is 13.5. The normalized spacial score (nSPS) is 16.4. The highest BCUT2D eigenvalue weighted by atomic mass is 32.2. The first-order valence-corrected chi connectivity index (χ1v) is 9.17. The average Bonchev–Trinajstić information content (AvgIpc) is 2.89. The zero-order chi connectivity index (χ0) is 18.2. The second kappa shape index (κ2) is 6.30. The number of nitrogens with two attached hydrogens (primary N) is 1. The van der Waals surface area contributed by atoms with E-state index in [4.69, 9.17) is 5.14 Å². The first-order valence-electron chi connectivity index (χ1n) is 7.62. The van der Waals surface area contributed by atoms with Crippen molar-refractivity contribution in [1.29, 1.82) is 0 Å². The Hall–Kier alpha value is -2.71. The van der Waals surface area contributed by atoms with E-state index in [0.29, 0.717) is 12.1 Å². The Morgan fingerprint density at radius 3 is 2.40 bits per heavy atom. The van der Waals surface area contributed by atoms with E-state index in [-0.39, 0.29) is 10.9 Å². The van der Waals surface area contributed by atoms with Gasteiger partial charge >= 0.3 is 11.8 Å². The molecule has 2 aromatic carbocycles. The van der Waals surface area contributed by atoms with Crippen LogP contribution >= 0.6 is 0 Å². The third kappa shape index (κ3) is 3.40. The lowest BCUT2D eigenvalue weighted by atomic mass is 10.1. The number of amides is 2. The lowest BCUT2D eigenvalue weighted by Gasteiger charge is -2.22. The number of hydrogen-bond donors (Lipinski definition) is 2. The minimum Gasteiger partial charge on any atom is -0.318 e. The number of para-hydroxylation sites is 1. The summed E-state index contributed by atoms with van der Waals surface area (Å²) in [7, 11) is -3.81. The lowest BCUT2D eigenvalue weighted by Crippen LogP contribution is -2.43. The molecule has 0 aromatic heterocycles. The van der Waals surface area contributed by atoms with Crippen molar-refractivity contribution in [2.24, 2.45) is 5.14 Å². The predicted molar refractivity (Wildman–Crippen MR) is 93.5 cm³/mol. The fraction of sp³-hybridized carbons (Fsp3) is 0.176. The summed E-state index contributed by atoms with van der Waals surface area (Å²) in [6.07, 6.45) is 0.693. The second-order valence-electron chi connectivity index (χ2n) is 5.88. The molecular weight excluding hydrogens is 342 g/mol. The van der Waals surface area contributed by atoms with Gasteiger partial charge < -0.3 is 10.2 Å². The van der Waals surface area contributed by atoms with Crippen LogP contribution in [0.5, 0.6) is 0 Å². The van der Waals surface area contributed by atoms with Crippen molar-refractivity contribution in [2.75, 3.05) is 10.2 Å². The van der Waals surface area contributed by atoms with E-state index in [1.807, 2.05) is 31.2 Å². The van der Waals surface area contributed by atoms with Crippen molar-refractivity contribution in [2.45, 2.75) is 24.3 Å². The van der Waals surface area contributed by atoms with Gasteiger partial charge in [-0.1, -0.05) is 18.2 Å². The molecule has 1 atom stereocenters. The van der Waals surface area contributed by atoms with Gasteiger partial charge in [-0.15, -0.1) is 0 Å². The molecule has 8 heteroatoms. The summed E-state index contributed by atoms with van der Waals surface area (Å²) in [5.74, 6) is -1.44. The van der Waals surface area contributed by atoms with Gasteiger partial charge in [0.25, 0.3) is 0 Å². The minimum atomic E-state index is -3.81. The molecule has 0 radical (unpaired) electrons. The monoisotopic (exact) mass is 359 g/mol. The molecule has 0 spiro atoms. The maximum absolute atomic E-state index is 12.5. The van der Waals surface area contributed by atoms with Gasteiger partial charge in [-0.25, -0.2) is 13.6 Å². The number of anilines is 2. The highest BCUT2D eigenvalue weighted by molar-refractivity contribution is 7.89. The van der Waals surface area contributed by atoms with Crippen molar-refractivity contribution in [3.8, 4) is 0 Å². The van der Waals surface area contributed by atoms with Gasteiger partial charge in [0.2, 0.25) is 10.0 Å². The third-order valence-electron chi connectivity index (χ3n) is 4.06. The van der Waals surface area contributed by atoms with Crippen LogP contribution in [0.15, 0.2) is 53.4 Å². The summed E-state index contributed by atoms with van der Waals surface area (Å²) in [5, 5.41) is 7.51. The molecule has 1 unspecified atom stereocenters. The average molecular weight is 359 g/mol. The van der Waals surface area contributed by atoms with Crippen LogP contribution in [0.2, 0.25) is 0 Å². The quantitative estimate of drug-likeness (QED) is 0.786. The summed E-state index contributed by atoms with van der Waals surface area (Å²) in [6, 6.07) is 12.6. The lowest BCUT2D eigenvalue weighted by molar-refractivity contribution is -0.134. The van der Waals surface area contributed by atoms with E-state index < -0.39 is 21.8 Å². The van der Waals surface area contributed by atoms with Crippen molar-refractivity contribution in [3.05, 3.63) is 54.1 Å². The summed E-state index contributed by atoms with van der Waals surface area (Å²) in [5.41, 5.74) is 2.07. The van der Waals surface area contributed by atoms with Gasteiger partial charge in [-0.05, 0) is 49.2 Å². The minimum absolute atomic E-state index is 0.0704. The van der Waals surface area contributed by atoms with E-state index in [0.717, 1.165) is 11.3 Å². The summed E-state index contributed by atoms with van der Waals surface area (Å²) < 4.78 is 22.5. The largest absolute Gasteiger partial charge is 0.318 e. The number of rotatable bonds is 2. The van der Waals surface area contributed by atoms with E-state index in [9.17, 15) is 18.0 Å². The molecule has 0 aliphatic carbocycles. The number of fused-ring (bicyclic) bond motifs is 1. The number of sulfonamides is 1. The van der Waals surface area contributed by atoms with E-state index in [1.54, 1.807) is 0 Å². The molecule has 3 N–H and O–H groups in total. The van der Waals surface area contributed by atoms with Crippen LogP contribution in [0, 0.1) is 0 Å². The van der Waals surface area contributed by atoms with Crippen LogP contribution in [-0.4, -0.2) is 26.3 Å². The molecule has 3 rings (SSSR count). The standard InChI is InChI=1S/C17H17N3O4S/c1-11-10-12-4-2-3-5-15(12)20(11)17(22)16(21)19-13-6-8-14(9-7-13)25(18,23)24/h2-9,11H,10H2,1H3,(H,19,21)(H2,18,23,24). The number of nitrogens with zero attached hydrogens (tertiary/aromatic N) is 1. The van der Waals surface area contributed by atoms with E-state index >= 15 is 0 Å². The van der Waals surface area contributed by atoms with Crippen LogP contribution < -0.4 is 15.4 Å². The molecule has 25 heavy (non-hydrogen) atoms. The Morgan fingerprint density at radius 2 is 1.76 bits per heavy atom. The molecule has 0 bridgehead atoms. The molecule has 0 fully saturated rings. The molecule has 130 valence electrons. The Labute approximate surface area is 145 Å². The van der Waals surface area contributed by atoms with Crippen LogP contribution in [0.4, 0.5) is 11.4 Å². The fourth-order valence-electron chi connectivity index (χ4n) is 2.90. The van der Waals surface area contributed by atoms with Gasteiger partial charge in [0, 0.05) is 17.4 Å². The smallest absolute Gasteiger partial charge is 0.316 e. The number of nitrogens with one attached hydrogen (secondary N) is 1. The van der Waals surface area contributed by atoms with Gasteiger partial charge in [0.05, 0.1) is 4.90 Å². The number of primary sulfonamides is 1. The Morgan fingerprint density at radius 1 is 1.12 bits per heavy atom. The Kier molecular flexibility index (Phi) is 4.32. The SMILES string of the molecule is CC1Cc2ccccc2N1C(=O)C(=O)Nc1ccc(S(N)(=O)=O)cc1. The zero-order valence-corrected chi connectivity index (χ0v) is 14.3. The van der Waals surface area contributed by atoms with Gasteiger partial charge in [-0.2, -0.15) is 0 Å². The number of hydrogen-bond acceptors (Lipinski definition) is 4. The molecule has 7 nitrogen and oxygen atoms in total. The molecule has 0 saturated heterocycles. The topological polar surface area (TPSA) is 110 Å². The van der Waals surface area contributed by atoms with Crippen LogP contribution in [0.25, 0.3) is 0 Å². The van der Waals surface area contributed by atoms with Gasteiger partial charge in [0.15, 0.2) is 0 Å². The predicted octanol–water partition coefficient (Wildman–Crippen LogP) is 1.25. The van der Waals surface area contributed by atoms with Crippen molar-refractivity contribution < 1.29 is 18.0 Å². The van der Waals surface area contributed by atoms with E-state index in [2.05, 4.69) is 5.32 Å². The highest BCUT2D eigenvalue weighted by Crippen LogP contribution is 2.31. The number of benzene rings is 2. The van der Waals surface area contributed by atoms with Crippen molar-refractivity contribution in [3.63, 3.8) is 0 Å². The van der Waals surface area contributed by atoms with Gasteiger partial charge in [-0.3, -0.25) is 9.59 Å². The van der Waals surface area contributed by atoms with Crippen molar-refractivity contribution in [1.82, 2.24) is 0 Å². The molecule has 2 aromatic rings. The number of carbonyl (C=O) groups is 2. The molecular formula is C17H17N3O4S. The molecule has 1 aliphatic heterocycles. The van der Waals surface area contributed by atoms with Crippen molar-refractivity contribution >= 4 is 33.2 Å². The molecule has 2 amide bonds. The first-order chi connectivity index (χ1) is 11.8. The molecule has 0 saturated carbocycles. The highest BCUT2D eigenvalue weighted by Gasteiger charge is 2.34. The Bertz CT molecular complexity index is 939. The van der Waals surface area contributed by atoms with Crippen LogP contribution in [-0.2, 0) is 26.0 Å².